The first kappa shape index (κ1) is 26.6. The Morgan fingerprint density at radius 3 is 2.63 bits per heavy atom. The van der Waals surface area contributed by atoms with Crippen LogP contribution in [-0.2, 0) is 11.3 Å². The number of ether oxygens (including phenoxy) is 3. The van der Waals surface area contributed by atoms with Crippen molar-refractivity contribution < 1.29 is 32.5 Å². The molecule has 1 atom stereocenters. The largest absolute Gasteiger partial charge is 0.493 e. The lowest BCUT2D eigenvalue weighted by Crippen LogP contribution is -2.44. The molecule has 1 aliphatic rings. The Labute approximate surface area is 191 Å². The molecule has 30 heavy (non-hydrogen) atoms. The van der Waals surface area contributed by atoms with Crippen LogP contribution in [-0.4, -0.2) is 64.4 Å². The van der Waals surface area contributed by atoms with Crippen molar-refractivity contribution in [3.63, 3.8) is 0 Å². The molecule has 1 aliphatic heterocycles. The van der Waals surface area contributed by atoms with E-state index in [0.717, 1.165) is 12.0 Å². The highest BCUT2D eigenvalue weighted by Crippen LogP contribution is 2.31. The lowest BCUT2D eigenvalue weighted by molar-refractivity contribution is -0.153. The van der Waals surface area contributed by atoms with Crippen LogP contribution in [0.15, 0.2) is 23.2 Å². The van der Waals surface area contributed by atoms with Gasteiger partial charge in [0, 0.05) is 38.8 Å². The van der Waals surface area contributed by atoms with Gasteiger partial charge in [0.15, 0.2) is 24.1 Å². The smallest absolute Gasteiger partial charge is 0.422 e. The number of hydrogen-bond acceptors (Lipinski definition) is 5. The summed E-state index contributed by atoms with van der Waals surface area (Å²) in [5, 5.41) is 15.7. The minimum atomic E-state index is -4.42. The summed E-state index contributed by atoms with van der Waals surface area (Å²) in [6, 6.07) is 4.72. The van der Waals surface area contributed by atoms with Crippen molar-refractivity contribution in [3.05, 3.63) is 23.8 Å². The van der Waals surface area contributed by atoms with E-state index in [4.69, 9.17) is 14.2 Å². The normalized spacial score (nSPS) is 19.2. The summed E-state index contributed by atoms with van der Waals surface area (Å²) < 4.78 is 52.4. The van der Waals surface area contributed by atoms with Gasteiger partial charge in [-0.25, -0.2) is 0 Å². The van der Waals surface area contributed by atoms with Gasteiger partial charge in [0.1, 0.15) is 0 Å². The number of aliphatic hydroxyl groups is 1. The van der Waals surface area contributed by atoms with E-state index in [1.807, 2.05) is 0 Å². The van der Waals surface area contributed by atoms with Gasteiger partial charge in [-0.3, -0.25) is 4.99 Å². The van der Waals surface area contributed by atoms with Crippen molar-refractivity contribution in [1.82, 2.24) is 10.6 Å². The first-order valence-corrected chi connectivity index (χ1v) is 9.30. The standard InChI is InChI=1S/C19H28F3N3O4.HI/c1-23-17(25-11-18(5-7-26)6-8-28-12-18)24-10-14-3-4-15(16(9-14)27-2)29-13-19(20,21)22;/h3-4,9,26H,5-8,10-13H2,1-2H3,(H2,23,24,25);1H. The number of benzene rings is 1. The average Bonchev–Trinajstić information content (AvgIpc) is 3.15. The zero-order valence-electron chi connectivity index (χ0n) is 17.1. The quantitative estimate of drug-likeness (QED) is 0.251. The lowest BCUT2D eigenvalue weighted by atomic mass is 9.84. The number of guanidine groups is 1. The molecule has 7 nitrogen and oxygen atoms in total. The van der Waals surface area contributed by atoms with Crippen LogP contribution in [0.4, 0.5) is 13.2 Å². The minimum Gasteiger partial charge on any atom is -0.493 e. The average molecular weight is 547 g/mol. The van der Waals surface area contributed by atoms with Gasteiger partial charge in [-0.15, -0.1) is 24.0 Å². The molecule has 1 heterocycles. The second kappa shape index (κ2) is 12.4. The third-order valence-electron chi connectivity index (χ3n) is 4.76. The number of nitrogens with one attached hydrogen (secondary N) is 2. The van der Waals surface area contributed by atoms with E-state index >= 15 is 0 Å². The van der Waals surface area contributed by atoms with Crippen LogP contribution in [0.3, 0.4) is 0 Å². The highest BCUT2D eigenvalue weighted by molar-refractivity contribution is 14.0. The molecule has 0 bridgehead atoms. The number of aliphatic imine (C=N–C) groups is 1. The Morgan fingerprint density at radius 1 is 1.30 bits per heavy atom. The highest BCUT2D eigenvalue weighted by atomic mass is 127. The van der Waals surface area contributed by atoms with E-state index in [2.05, 4.69) is 15.6 Å². The molecule has 3 N–H and O–H groups in total. The number of methoxy groups -OCH3 is 1. The molecule has 2 rings (SSSR count). The second-order valence-electron chi connectivity index (χ2n) is 6.94. The maximum Gasteiger partial charge on any atom is 0.422 e. The zero-order valence-corrected chi connectivity index (χ0v) is 19.4. The molecule has 0 aromatic heterocycles. The molecule has 11 heteroatoms. The Balaban J connectivity index is 0.00000450. The van der Waals surface area contributed by atoms with Crippen molar-refractivity contribution in [2.75, 3.05) is 47.1 Å². The van der Waals surface area contributed by atoms with Crippen LogP contribution in [0.25, 0.3) is 0 Å². The number of hydrogen-bond donors (Lipinski definition) is 3. The van der Waals surface area contributed by atoms with Crippen molar-refractivity contribution >= 4 is 29.9 Å². The Hall–Kier alpha value is -1.47. The van der Waals surface area contributed by atoms with E-state index in [1.165, 1.54) is 13.2 Å². The number of alkyl halides is 3. The van der Waals surface area contributed by atoms with E-state index in [-0.39, 0.29) is 47.5 Å². The Morgan fingerprint density at radius 2 is 2.07 bits per heavy atom. The molecule has 1 aromatic carbocycles. The van der Waals surface area contributed by atoms with Crippen molar-refractivity contribution in [2.45, 2.75) is 25.6 Å². The SMILES string of the molecule is CN=C(NCc1ccc(OCC(F)(F)F)c(OC)c1)NCC1(CCO)CCOC1.I. The Kier molecular flexibility index (Phi) is 11.0. The van der Waals surface area contributed by atoms with E-state index in [1.54, 1.807) is 19.2 Å². The van der Waals surface area contributed by atoms with Gasteiger partial charge in [-0.2, -0.15) is 13.2 Å². The van der Waals surface area contributed by atoms with Gasteiger partial charge in [-0.05, 0) is 30.5 Å². The second-order valence-corrected chi connectivity index (χ2v) is 6.94. The molecule has 1 saturated heterocycles. The predicted octanol–water partition coefficient (Wildman–Crippen LogP) is 2.71. The third kappa shape index (κ3) is 8.34. The lowest BCUT2D eigenvalue weighted by Gasteiger charge is -2.27. The molecule has 1 unspecified atom stereocenters. The number of aliphatic hydroxyl groups excluding tert-OH is 1. The van der Waals surface area contributed by atoms with Crippen LogP contribution in [0, 0.1) is 5.41 Å². The van der Waals surface area contributed by atoms with Crippen LogP contribution in [0.5, 0.6) is 11.5 Å². The summed E-state index contributed by atoms with van der Waals surface area (Å²) in [6.45, 7) is 0.987. The van der Waals surface area contributed by atoms with Gasteiger partial charge >= 0.3 is 6.18 Å². The molecule has 0 spiro atoms. The summed E-state index contributed by atoms with van der Waals surface area (Å²) in [4.78, 5) is 4.18. The highest BCUT2D eigenvalue weighted by Gasteiger charge is 2.34. The number of rotatable bonds is 9. The van der Waals surface area contributed by atoms with Gasteiger partial charge in [-0.1, -0.05) is 6.07 Å². The van der Waals surface area contributed by atoms with Crippen molar-refractivity contribution in [2.24, 2.45) is 10.4 Å². The van der Waals surface area contributed by atoms with E-state index in [9.17, 15) is 18.3 Å². The molecule has 0 radical (unpaired) electrons. The van der Waals surface area contributed by atoms with Crippen LogP contribution in [0.1, 0.15) is 18.4 Å². The third-order valence-corrected chi connectivity index (χ3v) is 4.76. The number of nitrogens with zero attached hydrogens (tertiary/aromatic N) is 1. The summed E-state index contributed by atoms with van der Waals surface area (Å²) in [6.07, 6.45) is -2.90. The van der Waals surface area contributed by atoms with Crippen LogP contribution in [0.2, 0.25) is 0 Å². The number of halogens is 4. The maximum atomic E-state index is 12.3. The molecule has 0 saturated carbocycles. The molecule has 0 aliphatic carbocycles. The van der Waals surface area contributed by atoms with Crippen LogP contribution < -0.4 is 20.1 Å². The summed E-state index contributed by atoms with van der Waals surface area (Å²) in [5.41, 5.74) is 0.672. The predicted molar refractivity (Wildman–Crippen MR) is 118 cm³/mol. The first-order chi connectivity index (χ1) is 13.8. The molecule has 0 amide bonds. The molecular weight excluding hydrogens is 518 g/mol. The molecule has 172 valence electrons. The molecule has 1 aromatic rings. The molecule has 1 fully saturated rings. The summed E-state index contributed by atoms with van der Waals surface area (Å²) in [5.74, 6) is 0.829. The first-order valence-electron chi connectivity index (χ1n) is 9.30. The summed E-state index contributed by atoms with van der Waals surface area (Å²) in [7, 11) is 3.02. The topological polar surface area (TPSA) is 84.3 Å². The molecular formula is C19H29F3IN3O4. The summed E-state index contributed by atoms with van der Waals surface area (Å²) >= 11 is 0. The van der Waals surface area contributed by atoms with Gasteiger partial charge in [0.25, 0.3) is 0 Å². The van der Waals surface area contributed by atoms with Crippen LogP contribution >= 0.6 is 24.0 Å². The van der Waals surface area contributed by atoms with Gasteiger partial charge in [0.05, 0.1) is 13.7 Å². The minimum absolute atomic E-state index is 0. The zero-order chi connectivity index (χ0) is 21.3. The maximum absolute atomic E-state index is 12.3. The van der Waals surface area contributed by atoms with Gasteiger partial charge in [0.2, 0.25) is 0 Å². The fourth-order valence-corrected chi connectivity index (χ4v) is 3.09. The van der Waals surface area contributed by atoms with E-state index < -0.39 is 12.8 Å². The fourth-order valence-electron chi connectivity index (χ4n) is 3.09. The van der Waals surface area contributed by atoms with Crippen molar-refractivity contribution in [3.8, 4) is 11.5 Å². The van der Waals surface area contributed by atoms with Gasteiger partial charge < -0.3 is 30.0 Å². The fraction of sp³-hybridized carbons (Fsp3) is 0.632. The van der Waals surface area contributed by atoms with Crippen molar-refractivity contribution in [1.29, 1.82) is 0 Å². The Bertz CT molecular complexity index is 683. The monoisotopic (exact) mass is 547 g/mol. The van der Waals surface area contributed by atoms with E-state index in [0.29, 0.717) is 38.7 Å².